The monoisotopic (exact) mass is 333 g/mol. The Morgan fingerprint density at radius 3 is 2.91 bits per heavy atom. The molecule has 1 aromatic carbocycles. The number of halogens is 1. The molecule has 2 aromatic rings. The van der Waals surface area contributed by atoms with Crippen LogP contribution in [0.3, 0.4) is 0 Å². The van der Waals surface area contributed by atoms with Crippen LogP contribution in [-0.4, -0.2) is 28.9 Å². The average Bonchev–Trinajstić information content (AvgIpc) is 2.95. The summed E-state index contributed by atoms with van der Waals surface area (Å²) in [5.74, 6) is -0.0428. The van der Waals surface area contributed by atoms with Crippen LogP contribution >= 0.6 is 22.9 Å². The summed E-state index contributed by atoms with van der Waals surface area (Å²) >= 11 is 7.63. The van der Waals surface area contributed by atoms with Gasteiger partial charge < -0.3 is 4.90 Å². The minimum Gasteiger partial charge on any atom is -0.342 e. The summed E-state index contributed by atoms with van der Waals surface area (Å²) in [6, 6.07) is 9.49. The smallest absolute Gasteiger partial charge is 0.228 e. The Balaban J connectivity index is 2.08. The van der Waals surface area contributed by atoms with Crippen molar-refractivity contribution in [2.75, 3.05) is 7.05 Å². The molecule has 0 aliphatic carbocycles. The molecule has 22 heavy (non-hydrogen) atoms. The molecule has 0 spiro atoms. The van der Waals surface area contributed by atoms with E-state index in [2.05, 4.69) is 11.1 Å². The Labute approximate surface area is 139 Å². The second kappa shape index (κ2) is 7.39. The summed E-state index contributed by atoms with van der Waals surface area (Å²) < 4.78 is 0. The molecule has 0 N–H and O–H groups in total. The zero-order valence-electron chi connectivity index (χ0n) is 12.4. The Morgan fingerprint density at radius 2 is 2.23 bits per heavy atom. The molecule has 6 heteroatoms. The van der Waals surface area contributed by atoms with Crippen molar-refractivity contribution < 1.29 is 4.79 Å². The highest BCUT2D eigenvalue weighted by Crippen LogP contribution is 2.30. The molecule has 0 bridgehead atoms. The van der Waals surface area contributed by atoms with Gasteiger partial charge in [0.25, 0.3) is 0 Å². The Bertz CT molecular complexity index is 707. The fourth-order valence-corrected chi connectivity index (χ4v) is 3.08. The minimum absolute atomic E-state index is 0.0428. The lowest BCUT2D eigenvalue weighted by Crippen LogP contribution is -2.35. The Hall–Kier alpha value is -1.90. The molecule has 0 saturated heterocycles. The number of benzene rings is 1. The molecule has 114 valence electrons. The summed E-state index contributed by atoms with van der Waals surface area (Å²) in [4.78, 5) is 18.3. The zero-order chi connectivity index (χ0) is 16.1. The maximum absolute atomic E-state index is 12.2. The SMILES string of the molecule is CC(CC#N)N(C)C(=O)Cc1csc(-c2ccccc2Cl)n1. The summed E-state index contributed by atoms with van der Waals surface area (Å²) in [6.07, 6.45) is 0.553. The van der Waals surface area contributed by atoms with E-state index in [1.165, 1.54) is 11.3 Å². The lowest BCUT2D eigenvalue weighted by molar-refractivity contribution is -0.130. The number of thiazole rings is 1. The van der Waals surface area contributed by atoms with Crippen LogP contribution in [0.5, 0.6) is 0 Å². The first-order valence-corrected chi connectivity index (χ1v) is 8.10. The number of hydrogen-bond donors (Lipinski definition) is 0. The van der Waals surface area contributed by atoms with Crippen LogP contribution in [0.2, 0.25) is 5.02 Å². The molecule has 0 aliphatic heterocycles. The van der Waals surface area contributed by atoms with Crippen LogP contribution in [0.1, 0.15) is 19.0 Å². The van der Waals surface area contributed by atoms with Crippen LogP contribution < -0.4 is 0 Å². The molecule has 4 nitrogen and oxygen atoms in total. The first kappa shape index (κ1) is 16.5. The van der Waals surface area contributed by atoms with Crippen LogP contribution in [0.15, 0.2) is 29.6 Å². The van der Waals surface area contributed by atoms with E-state index in [1.807, 2.05) is 36.6 Å². The molecule has 1 atom stereocenters. The highest BCUT2D eigenvalue weighted by molar-refractivity contribution is 7.13. The maximum atomic E-state index is 12.2. The first-order valence-electron chi connectivity index (χ1n) is 6.85. The molecule has 0 aliphatic rings. The predicted octanol–water partition coefficient (Wildman–Crippen LogP) is 3.77. The molecular weight excluding hydrogens is 318 g/mol. The second-order valence-electron chi connectivity index (χ2n) is 5.02. The number of carbonyl (C=O) groups excluding carboxylic acids is 1. The molecule has 1 heterocycles. The van der Waals surface area contributed by atoms with Crippen molar-refractivity contribution in [2.45, 2.75) is 25.8 Å². The van der Waals surface area contributed by atoms with Gasteiger partial charge in [0.2, 0.25) is 5.91 Å². The van der Waals surface area contributed by atoms with Crippen molar-refractivity contribution in [3.8, 4) is 16.6 Å². The fourth-order valence-electron chi connectivity index (χ4n) is 1.94. The van der Waals surface area contributed by atoms with Crippen molar-refractivity contribution in [1.82, 2.24) is 9.88 Å². The maximum Gasteiger partial charge on any atom is 0.228 e. The fraction of sp³-hybridized carbons (Fsp3) is 0.312. The second-order valence-corrected chi connectivity index (χ2v) is 6.28. The molecule has 0 fully saturated rings. The Morgan fingerprint density at radius 1 is 1.50 bits per heavy atom. The molecule has 2 rings (SSSR count). The third kappa shape index (κ3) is 3.85. The molecule has 1 aromatic heterocycles. The van der Waals surface area contributed by atoms with Gasteiger partial charge in [-0.25, -0.2) is 4.98 Å². The van der Waals surface area contributed by atoms with Crippen molar-refractivity contribution in [3.05, 3.63) is 40.4 Å². The largest absolute Gasteiger partial charge is 0.342 e. The molecule has 1 amide bonds. The highest BCUT2D eigenvalue weighted by atomic mass is 35.5. The first-order chi connectivity index (χ1) is 10.5. The number of carbonyl (C=O) groups is 1. The van der Waals surface area contributed by atoms with E-state index in [0.29, 0.717) is 11.4 Å². The number of rotatable bonds is 5. The van der Waals surface area contributed by atoms with E-state index in [0.717, 1.165) is 16.3 Å². The van der Waals surface area contributed by atoms with Gasteiger partial charge >= 0.3 is 0 Å². The molecular formula is C16H16ClN3OS. The van der Waals surface area contributed by atoms with Crippen LogP contribution in [-0.2, 0) is 11.2 Å². The van der Waals surface area contributed by atoms with E-state index < -0.39 is 0 Å². The van der Waals surface area contributed by atoms with Crippen molar-refractivity contribution in [1.29, 1.82) is 5.26 Å². The number of likely N-dealkylation sites (N-methyl/N-ethyl adjacent to an activating group) is 1. The zero-order valence-corrected chi connectivity index (χ0v) is 14.0. The summed E-state index contributed by atoms with van der Waals surface area (Å²) in [6.45, 7) is 1.86. The van der Waals surface area contributed by atoms with Crippen molar-refractivity contribution in [2.24, 2.45) is 0 Å². The quantitative estimate of drug-likeness (QED) is 0.837. The van der Waals surface area contributed by atoms with E-state index in [9.17, 15) is 4.79 Å². The van der Waals surface area contributed by atoms with Gasteiger partial charge in [0.1, 0.15) is 5.01 Å². The summed E-state index contributed by atoms with van der Waals surface area (Å²) in [5.41, 5.74) is 1.60. The number of hydrogen-bond acceptors (Lipinski definition) is 4. The van der Waals surface area contributed by atoms with Gasteiger partial charge in [-0.3, -0.25) is 4.79 Å². The number of amides is 1. The van der Waals surface area contributed by atoms with Gasteiger partial charge in [0, 0.05) is 24.0 Å². The third-order valence-corrected chi connectivity index (χ3v) is 4.68. The average molecular weight is 334 g/mol. The minimum atomic E-state index is -0.0980. The highest BCUT2D eigenvalue weighted by Gasteiger charge is 2.17. The summed E-state index contributed by atoms with van der Waals surface area (Å²) in [5, 5.41) is 12.0. The molecule has 0 radical (unpaired) electrons. The van der Waals surface area contributed by atoms with Gasteiger partial charge in [-0.15, -0.1) is 11.3 Å². The lowest BCUT2D eigenvalue weighted by Gasteiger charge is -2.22. The number of nitriles is 1. The normalized spacial score (nSPS) is 11.7. The van der Waals surface area contributed by atoms with Gasteiger partial charge in [-0.1, -0.05) is 29.8 Å². The number of nitrogens with zero attached hydrogens (tertiary/aromatic N) is 3. The topological polar surface area (TPSA) is 57.0 Å². The van der Waals surface area contributed by atoms with Gasteiger partial charge in [-0.05, 0) is 13.0 Å². The van der Waals surface area contributed by atoms with E-state index in [4.69, 9.17) is 16.9 Å². The van der Waals surface area contributed by atoms with E-state index in [-0.39, 0.29) is 18.4 Å². The molecule has 1 unspecified atom stereocenters. The van der Waals surface area contributed by atoms with E-state index >= 15 is 0 Å². The predicted molar refractivity (Wildman–Crippen MR) is 88.7 cm³/mol. The van der Waals surface area contributed by atoms with Gasteiger partial charge in [0.15, 0.2) is 0 Å². The van der Waals surface area contributed by atoms with Crippen LogP contribution in [0.4, 0.5) is 0 Å². The lowest BCUT2D eigenvalue weighted by atomic mass is 10.2. The van der Waals surface area contributed by atoms with Crippen molar-refractivity contribution >= 4 is 28.8 Å². The van der Waals surface area contributed by atoms with Gasteiger partial charge in [0.05, 0.1) is 29.6 Å². The number of aromatic nitrogens is 1. The van der Waals surface area contributed by atoms with E-state index in [1.54, 1.807) is 11.9 Å². The third-order valence-electron chi connectivity index (χ3n) is 3.43. The Kier molecular flexibility index (Phi) is 5.53. The molecule has 0 saturated carbocycles. The van der Waals surface area contributed by atoms with Crippen LogP contribution in [0.25, 0.3) is 10.6 Å². The van der Waals surface area contributed by atoms with Gasteiger partial charge in [-0.2, -0.15) is 5.26 Å². The summed E-state index contributed by atoms with van der Waals surface area (Å²) in [7, 11) is 1.71. The van der Waals surface area contributed by atoms with Crippen LogP contribution in [0, 0.1) is 11.3 Å². The van der Waals surface area contributed by atoms with Crippen molar-refractivity contribution in [3.63, 3.8) is 0 Å². The standard InChI is InChI=1S/C16H16ClN3OS/c1-11(7-8-18)20(2)15(21)9-12-10-22-16(19-12)13-5-3-4-6-14(13)17/h3-6,10-11H,7,9H2,1-2H3.